The fraction of sp³-hybridized carbons (Fsp3) is 0.652. The number of nitrogens with zero attached hydrogens (tertiary/aromatic N) is 2. The molecule has 0 spiro atoms. The first-order valence-corrected chi connectivity index (χ1v) is 18.0. The van der Waals surface area contributed by atoms with Crippen LogP contribution in [0.25, 0.3) is 0 Å². The molecule has 0 aliphatic carbocycles. The van der Waals surface area contributed by atoms with Crippen LogP contribution in [0.15, 0.2) is 18.2 Å². The molecule has 0 saturated carbocycles. The molecule has 2 heterocycles. The zero-order chi connectivity index (χ0) is 23.5. The van der Waals surface area contributed by atoms with Gasteiger partial charge in [0.1, 0.15) is 0 Å². The van der Waals surface area contributed by atoms with Crippen LogP contribution < -0.4 is 5.32 Å². The second-order valence-electron chi connectivity index (χ2n) is 9.89. The van der Waals surface area contributed by atoms with E-state index >= 15 is 0 Å². The Balaban J connectivity index is 1.60. The van der Waals surface area contributed by atoms with Gasteiger partial charge in [-0.1, -0.05) is 0 Å². The third kappa shape index (κ3) is 7.18. The van der Waals surface area contributed by atoms with E-state index in [1.54, 1.807) is 11.0 Å². The van der Waals surface area contributed by atoms with Gasteiger partial charge in [0, 0.05) is 0 Å². The zero-order valence-electron chi connectivity index (χ0n) is 19.5. The normalized spacial score (nSPS) is 21.2. The Morgan fingerprint density at radius 1 is 1.09 bits per heavy atom. The molecule has 1 aromatic carbocycles. The summed E-state index contributed by atoms with van der Waals surface area (Å²) in [5.74, 6) is 0.170. The van der Waals surface area contributed by atoms with Crippen LogP contribution in [0.5, 0.6) is 0 Å². The number of hydrogen-bond acceptors (Lipinski definition) is 4. The van der Waals surface area contributed by atoms with Gasteiger partial charge < -0.3 is 0 Å². The van der Waals surface area contributed by atoms with Crippen LogP contribution in [0.1, 0.15) is 58.6 Å². The van der Waals surface area contributed by atoms with Gasteiger partial charge in [0.05, 0.1) is 0 Å². The third-order valence-corrected chi connectivity index (χ3v) is 18.2. The Kier molecular flexibility index (Phi) is 9.09. The molecule has 3 rings (SSSR count). The number of carbonyl (C=O) groups is 2. The number of carbonyl (C=O) groups excluding carboxylic acids is 2. The molecule has 2 aliphatic heterocycles. The van der Waals surface area contributed by atoms with Crippen LogP contribution in [0, 0.1) is 0 Å². The summed E-state index contributed by atoms with van der Waals surface area (Å²) >= 11 is 9.97. The van der Waals surface area contributed by atoms with E-state index in [0.717, 1.165) is 31.5 Å². The topological polar surface area (TPSA) is 61.9 Å². The molecule has 0 bridgehead atoms. The monoisotopic (exact) mass is 585 g/mol. The van der Waals surface area contributed by atoms with E-state index in [4.69, 9.17) is 27.9 Å². The molecular formula is C23H34Cl2InN3O3. The fourth-order valence-corrected chi connectivity index (χ4v) is 16.4. The van der Waals surface area contributed by atoms with Crippen molar-refractivity contribution in [1.82, 2.24) is 13.1 Å². The average Bonchev–Trinajstić information content (AvgIpc) is 2.72. The second kappa shape index (κ2) is 11.2. The van der Waals surface area contributed by atoms with E-state index in [9.17, 15) is 9.59 Å². The van der Waals surface area contributed by atoms with E-state index in [1.165, 1.54) is 10.6 Å². The molecule has 2 aliphatic rings. The van der Waals surface area contributed by atoms with Crippen LogP contribution in [-0.4, -0.2) is 73.3 Å². The zero-order valence-corrected chi connectivity index (χ0v) is 24.3. The van der Waals surface area contributed by atoms with Crippen molar-refractivity contribution < 1.29 is 14.3 Å². The van der Waals surface area contributed by atoms with Crippen LogP contribution >= 0.6 is 23.2 Å². The van der Waals surface area contributed by atoms with Crippen LogP contribution in [-0.2, 0) is 9.53 Å². The van der Waals surface area contributed by atoms with Crippen molar-refractivity contribution >= 4 is 56.9 Å². The second-order valence-corrected chi connectivity index (χ2v) is 20.0. The summed E-state index contributed by atoms with van der Waals surface area (Å²) in [6.45, 7) is 10.7. The van der Waals surface area contributed by atoms with Gasteiger partial charge >= 0.3 is 211 Å². The molecule has 1 N–H and O–H groups in total. The van der Waals surface area contributed by atoms with Crippen LogP contribution in [0.2, 0.25) is 17.9 Å². The first-order chi connectivity index (χ1) is 15.0. The molecule has 32 heavy (non-hydrogen) atoms. The SMILES string of the molecule is CC(NC(=O)[CH]1CCC[CH2][In]1[N]1CCN(C(=O)OC(C)(C)C)CC1)c1cc(Cl)cc(Cl)c1. The minimum atomic E-state index is -2.31. The van der Waals surface area contributed by atoms with Gasteiger partial charge in [-0.2, -0.15) is 0 Å². The van der Waals surface area contributed by atoms with E-state index < -0.39 is 27.3 Å². The summed E-state index contributed by atoms with van der Waals surface area (Å²) in [4.78, 5) is 27.5. The molecular weight excluding hydrogens is 552 g/mol. The Morgan fingerprint density at radius 3 is 2.31 bits per heavy atom. The molecule has 176 valence electrons. The van der Waals surface area contributed by atoms with Gasteiger partial charge in [-0.25, -0.2) is 0 Å². The molecule has 0 aromatic heterocycles. The first kappa shape index (κ1) is 26.0. The molecule has 6 nitrogen and oxygen atoms in total. The molecule has 0 radical (unpaired) electrons. The van der Waals surface area contributed by atoms with Crippen molar-refractivity contribution in [3.05, 3.63) is 33.8 Å². The summed E-state index contributed by atoms with van der Waals surface area (Å²) in [6, 6.07) is 5.27. The first-order valence-electron chi connectivity index (χ1n) is 11.5. The number of ether oxygens (including phenoxy) is 1. The van der Waals surface area contributed by atoms with Gasteiger partial charge in [0.25, 0.3) is 0 Å². The van der Waals surface area contributed by atoms with Gasteiger partial charge in [0.2, 0.25) is 0 Å². The van der Waals surface area contributed by atoms with Gasteiger partial charge in [-0.3, -0.25) is 0 Å². The molecule has 1 aromatic rings. The summed E-state index contributed by atoms with van der Waals surface area (Å²) in [6.07, 6.45) is 3.07. The van der Waals surface area contributed by atoms with E-state index in [-0.39, 0.29) is 21.7 Å². The number of nitrogens with one attached hydrogen (secondary N) is 1. The number of benzene rings is 1. The third-order valence-electron chi connectivity index (χ3n) is 6.24. The van der Waals surface area contributed by atoms with Gasteiger partial charge in [0.15, 0.2) is 0 Å². The minimum absolute atomic E-state index is 0.142. The summed E-state index contributed by atoms with van der Waals surface area (Å²) in [7, 11) is 0. The molecule has 9 heteroatoms. The Hall–Kier alpha value is -0.630. The van der Waals surface area contributed by atoms with Crippen molar-refractivity contribution in [2.45, 2.75) is 66.5 Å². The van der Waals surface area contributed by atoms with Crippen molar-refractivity contribution in [1.29, 1.82) is 0 Å². The van der Waals surface area contributed by atoms with E-state index in [2.05, 4.69) is 8.20 Å². The van der Waals surface area contributed by atoms with Crippen molar-refractivity contribution in [2.75, 3.05) is 26.2 Å². The van der Waals surface area contributed by atoms with Crippen molar-refractivity contribution in [2.24, 2.45) is 0 Å². The molecule has 2 amide bonds. The van der Waals surface area contributed by atoms with Gasteiger partial charge in [-0.05, 0) is 0 Å². The number of amides is 2. The molecule has 2 saturated heterocycles. The van der Waals surface area contributed by atoms with Crippen molar-refractivity contribution in [3.8, 4) is 0 Å². The van der Waals surface area contributed by atoms with E-state index in [1.807, 2.05) is 39.8 Å². The number of piperazine rings is 1. The van der Waals surface area contributed by atoms with E-state index in [0.29, 0.717) is 23.1 Å². The standard InChI is InChI=1S/C14H17Cl2NO.C9H17N2O2.In/c1-3-4-5-6-14(18)17-10(2)11-7-12(15)9-13(16)8-11;1-9(2,3)13-8(12)11-6-4-10-5-7-11;/h6-10H,1,3-5H2,2H3,(H,17,18);4-7H2,1-3H3;/q;-1;+1. The Bertz CT molecular complexity index is 805. The quantitative estimate of drug-likeness (QED) is 0.523. The molecule has 2 fully saturated rings. The Morgan fingerprint density at radius 2 is 1.72 bits per heavy atom. The molecule has 2 atom stereocenters. The average molecular weight is 586 g/mol. The molecule has 2 unspecified atom stereocenters. The number of halogens is 2. The predicted molar refractivity (Wildman–Crippen MR) is 131 cm³/mol. The van der Waals surface area contributed by atoms with Crippen LogP contribution in [0.4, 0.5) is 4.79 Å². The maximum absolute atomic E-state index is 13.3. The number of rotatable bonds is 4. The van der Waals surface area contributed by atoms with Gasteiger partial charge in [-0.15, -0.1) is 0 Å². The predicted octanol–water partition coefficient (Wildman–Crippen LogP) is 5.27. The summed E-state index contributed by atoms with van der Waals surface area (Å²) < 4.78 is 9.47. The van der Waals surface area contributed by atoms with Crippen LogP contribution in [0.3, 0.4) is 0 Å². The summed E-state index contributed by atoms with van der Waals surface area (Å²) in [5, 5.41) is 4.38. The van der Waals surface area contributed by atoms with Crippen molar-refractivity contribution in [3.63, 3.8) is 0 Å². The maximum atomic E-state index is 13.3. The number of hydrogen-bond donors (Lipinski definition) is 1. The fourth-order valence-electron chi connectivity index (χ4n) is 4.65. The summed E-state index contributed by atoms with van der Waals surface area (Å²) in [5.41, 5.74) is 0.438. The Labute approximate surface area is 209 Å².